The number of amides is 1. The summed E-state index contributed by atoms with van der Waals surface area (Å²) < 4.78 is 11.2. The number of nitrogens with one attached hydrogen (secondary N) is 1. The van der Waals surface area contributed by atoms with Crippen molar-refractivity contribution >= 4 is 12.1 Å². The Balaban J connectivity index is 1.44. The molecule has 0 radical (unpaired) electrons. The average Bonchev–Trinajstić information content (AvgIpc) is 3.32. The summed E-state index contributed by atoms with van der Waals surface area (Å²) in [5.41, 5.74) is 0.974. The van der Waals surface area contributed by atoms with Gasteiger partial charge in [-0.1, -0.05) is 62.9 Å². The summed E-state index contributed by atoms with van der Waals surface area (Å²) in [4.78, 5) is 27.1. The molecule has 3 rings (SSSR count). The first-order chi connectivity index (χ1) is 15.6. The topological polar surface area (TPSA) is 67.9 Å². The number of likely N-dealkylation sites (tertiary alicyclic amines) is 1. The van der Waals surface area contributed by atoms with Crippen molar-refractivity contribution in [3.05, 3.63) is 35.9 Å². The molecule has 2 fully saturated rings. The summed E-state index contributed by atoms with van der Waals surface area (Å²) in [6.45, 7) is 6.27. The van der Waals surface area contributed by atoms with E-state index >= 15 is 0 Å². The molecule has 1 aliphatic carbocycles. The van der Waals surface area contributed by atoms with Gasteiger partial charge in [-0.25, -0.2) is 4.79 Å². The van der Waals surface area contributed by atoms with Gasteiger partial charge in [-0.05, 0) is 56.2 Å². The van der Waals surface area contributed by atoms with E-state index in [0.717, 1.165) is 31.6 Å². The van der Waals surface area contributed by atoms with Crippen molar-refractivity contribution < 1.29 is 19.1 Å². The van der Waals surface area contributed by atoms with Crippen LogP contribution in [0.2, 0.25) is 0 Å². The normalized spacial score (nSPS) is 22.3. The third-order valence-electron chi connectivity index (χ3n) is 6.94. The van der Waals surface area contributed by atoms with Crippen molar-refractivity contribution in [3.63, 3.8) is 0 Å². The van der Waals surface area contributed by atoms with Crippen LogP contribution in [-0.4, -0.2) is 49.2 Å². The Morgan fingerprint density at radius 3 is 2.59 bits per heavy atom. The second kappa shape index (κ2) is 13.5. The lowest BCUT2D eigenvalue weighted by atomic mass is 9.77. The van der Waals surface area contributed by atoms with Gasteiger partial charge in [-0.3, -0.25) is 4.79 Å². The van der Waals surface area contributed by atoms with Crippen molar-refractivity contribution in [1.29, 1.82) is 0 Å². The van der Waals surface area contributed by atoms with Crippen LogP contribution in [0.1, 0.15) is 70.3 Å². The Kier molecular flexibility index (Phi) is 10.3. The van der Waals surface area contributed by atoms with Crippen LogP contribution >= 0.6 is 0 Å². The minimum atomic E-state index is -0.365. The maximum absolute atomic E-state index is 12.4. The van der Waals surface area contributed by atoms with E-state index in [-0.39, 0.29) is 31.2 Å². The van der Waals surface area contributed by atoms with E-state index in [9.17, 15) is 9.59 Å². The molecule has 2 aliphatic rings. The molecule has 1 saturated heterocycles. The fourth-order valence-electron chi connectivity index (χ4n) is 4.91. The van der Waals surface area contributed by atoms with Gasteiger partial charge in [0.25, 0.3) is 0 Å². The Hall–Kier alpha value is -2.08. The third kappa shape index (κ3) is 8.81. The monoisotopic (exact) mass is 444 g/mol. The number of esters is 1. The number of nitrogens with zero attached hydrogens (tertiary/aromatic N) is 1. The number of ether oxygens (including phenoxy) is 2. The molecule has 1 saturated carbocycles. The largest absolute Gasteiger partial charge is 0.461 e. The van der Waals surface area contributed by atoms with Crippen LogP contribution in [0.4, 0.5) is 4.79 Å². The van der Waals surface area contributed by atoms with E-state index in [1.165, 1.54) is 38.5 Å². The van der Waals surface area contributed by atoms with Crippen LogP contribution < -0.4 is 5.32 Å². The number of hydrogen-bond donors (Lipinski definition) is 1. The van der Waals surface area contributed by atoms with E-state index in [4.69, 9.17) is 9.47 Å². The van der Waals surface area contributed by atoms with Crippen LogP contribution in [0.5, 0.6) is 0 Å². The molecule has 178 valence electrons. The van der Waals surface area contributed by atoms with Crippen molar-refractivity contribution in [2.24, 2.45) is 11.8 Å². The van der Waals surface area contributed by atoms with Crippen molar-refractivity contribution in [2.45, 2.75) is 77.4 Å². The van der Waals surface area contributed by atoms with Gasteiger partial charge in [0.15, 0.2) is 0 Å². The fourth-order valence-corrected chi connectivity index (χ4v) is 4.91. The molecule has 3 atom stereocenters. The highest BCUT2D eigenvalue weighted by molar-refractivity contribution is 5.70. The fraction of sp³-hybridized carbons (Fsp3) is 0.692. The molecule has 32 heavy (non-hydrogen) atoms. The van der Waals surface area contributed by atoms with Crippen molar-refractivity contribution in [3.8, 4) is 0 Å². The summed E-state index contributed by atoms with van der Waals surface area (Å²) >= 11 is 0. The van der Waals surface area contributed by atoms with Gasteiger partial charge in [-0.2, -0.15) is 0 Å². The number of carbonyl (C=O) groups excluding carboxylic acids is 2. The van der Waals surface area contributed by atoms with Gasteiger partial charge in [0.2, 0.25) is 0 Å². The molecule has 0 aromatic heterocycles. The molecular weight excluding hydrogens is 404 g/mol. The molecular formula is C26H40N2O4. The molecule has 6 heteroatoms. The SMILES string of the molecule is CC1CCCCC1CC(CCC(=O)OCc1ccccc1)OC(=O)NCCN1CCCC1. The molecule has 1 aromatic carbocycles. The zero-order chi connectivity index (χ0) is 22.6. The molecule has 1 amide bonds. The molecule has 1 aromatic rings. The third-order valence-corrected chi connectivity index (χ3v) is 6.94. The highest BCUT2D eigenvalue weighted by Gasteiger charge is 2.27. The molecule has 0 spiro atoms. The number of benzene rings is 1. The van der Waals surface area contributed by atoms with E-state index in [0.29, 0.717) is 24.8 Å². The number of alkyl carbamates (subject to hydrolysis) is 1. The quantitative estimate of drug-likeness (QED) is 0.491. The van der Waals surface area contributed by atoms with Crippen molar-refractivity contribution in [1.82, 2.24) is 10.2 Å². The predicted molar refractivity (Wildman–Crippen MR) is 125 cm³/mol. The summed E-state index contributed by atoms with van der Waals surface area (Å²) in [6, 6.07) is 9.68. The Bertz CT molecular complexity index is 690. The molecule has 0 bridgehead atoms. The minimum Gasteiger partial charge on any atom is -0.461 e. The zero-order valence-corrected chi connectivity index (χ0v) is 19.6. The molecule has 1 aliphatic heterocycles. The van der Waals surface area contributed by atoms with E-state index in [2.05, 4.69) is 17.1 Å². The number of rotatable bonds is 11. The van der Waals surface area contributed by atoms with Crippen LogP contribution in [0, 0.1) is 11.8 Å². The van der Waals surface area contributed by atoms with E-state index in [1.807, 2.05) is 30.3 Å². The van der Waals surface area contributed by atoms with Crippen LogP contribution in [0.3, 0.4) is 0 Å². The van der Waals surface area contributed by atoms with Gasteiger partial charge in [0, 0.05) is 19.5 Å². The van der Waals surface area contributed by atoms with Crippen LogP contribution in [0.15, 0.2) is 30.3 Å². The van der Waals surface area contributed by atoms with E-state index in [1.54, 1.807) is 0 Å². The summed E-state index contributed by atoms with van der Waals surface area (Å²) in [5, 5.41) is 2.90. The standard InChI is InChI=1S/C26H40N2O4/c1-21-9-5-6-12-23(21)19-24(32-26(30)27-15-18-28-16-7-8-17-28)13-14-25(29)31-20-22-10-3-2-4-11-22/h2-4,10-11,21,23-24H,5-9,12-20H2,1H3,(H,27,30). The molecule has 1 N–H and O–H groups in total. The van der Waals surface area contributed by atoms with E-state index < -0.39 is 0 Å². The Morgan fingerprint density at radius 2 is 1.84 bits per heavy atom. The summed E-state index contributed by atoms with van der Waals surface area (Å²) in [7, 11) is 0. The Labute approximate surface area is 193 Å². The van der Waals surface area contributed by atoms with Gasteiger partial charge in [0.1, 0.15) is 12.7 Å². The first-order valence-corrected chi connectivity index (χ1v) is 12.5. The van der Waals surface area contributed by atoms with Gasteiger partial charge >= 0.3 is 12.1 Å². The highest BCUT2D eigenvalue weighted by Crippen LogP contribution is 2.34. The highest BCUT2D eigenvalue weighted by atomic mass is 16.6. The second-order valence-electron chi connectivity index (χ2n) is 9.45. The van der Waals surface area contributed by atoms with Gasteiger partial charge in [0.05, 0.1) is 0 Å². The summed E-state index contributed by atoms with van der Waals surface area (Å²) in [6.07, 6.45) is 8.40. The molecule has 3 unspecified atom stereocenters. The smallest absolute Gasteiger partial charge is 0.407 e. The lowest BCUT2D eigenvalue weighted by molar-refractivity contribution is -0.145. The Morgan fingerprint density at radius 1 is 1.09 bits per heavy atom. The lowest BCUT2D eigenvalue weighted by Crippen LogP contribution is -2.36. The number of hydrogen-bond acceptors (Lipinski definition) is 5. The molecule has 1 heterocycles. The first-order valence-electron chi connectivity index (χ1n) is 12.5. The minimum absolute atomic E-state index is 0.242. The lowest BCUT2D eigenvalue weighted by Gasteiger charge is -2.31. The second-order valence-corrected chi connectivity index (χ2v) is 9.45. The maximum Gasteiger partial charge on any atom is 0.407 e. The van der Waals surface area contributed by atoms with Crippen LogP contribution in [0.25, 0.3) is 0 Å². The zero-order valence-electron chi connectivity index (χ0n) is 19.6. The molecule has 6 nitrogen and oxygen atoms in total. The average molecular weight is 445 g/mol. The summed E-state index contributed by atoms with van der Waals surface area (Å²) in [5.74, 6) is 0.943. The van der Waals surface area contributed by atoms with Crippen LogP contribution in [-0.2, 0) is 20.9 Å². The van der Waals surface area contributed by atoms with Gasteiger partial charge < -0.3 is 19.7 Å². The number of carbonyl (C=O) groups is 2. The first kappa shape index (κ1) is 24.6. The predicted octanol–water partition coefficient (Wildman–Crippen LogP) is 4.92. The van der Waals surface area contributed by atoms with Gasteiger partial charge in [-0.15, -0.1) is 0 Å². The maximum atomic E-state index is 12.4. The van der Waals surface area contributed by atoms with Crippen molar-refractivity contribution in [2.75, 3.05) is 26.2 Å².